The van der Waals surface area contributed by atoms with Crippen LogP contribution < -0.4 is 15.6 Å². The predicted molar refractivity (Wildman–Crippen MR) is 131 cm³/mol. The number of rotatable bonds is 7. The van der Waals surface area contributed by atoms with Crippen molar-refractivity contribution < 1.29 is 9.53 Å². The Labute approximate surface area is 201 Å². The smallest absolute Gasteiger partial charge is 0.256 e. The summed E-state index contributed by atoms with van der Waals surface area (Å²) in [6.07, 6.45) is 0.674. The number of carbonyl (C=O) groups is 1. The monoisotopic (exact) mass is 484 g/mol. The molecule has 0 fully saturated rings. The highest BCUT2D eigenvalue weighted by Gasteiger charge is 2.22. The number of aromatic amines is 1. The van der Waals surface area contributed by atoms with Crippen LogP contribution >= 0.6 is 23.4 Å². The van der Waals surface area contributed by atoms with E-state index < -0.39 is 0 Å². The summed E-state index contributed by atoms with van der Waals surface area (Å²) in [5.74, 6) is 0.749. The minimum absolute atomic E-state index is 0.117. The number of thioether (sulfide) groups is 1. The first-order valence-electron chi connectivity index (χ1n) is 10.6. The molecule has 2 N–H and O–H groups in total. The Morgan fingerprint density at radius 2 is 2.09 bits per heavy atom. The van der Waals surface area contributed by atoms with E-state index in [1.165, 1.54) is 11.8 Å². The van der Waals surface area contributed by atoms with Gasteiger partial charge in [-0.1, -0.05) is 53.7 Å². The van der Waals surface area contributed by atoms with E-state index in [0.29, 0.717) is 40.9 Å². The highest BCUT2D eigenvalue weighted by molar-refractivity contribution is 7.99. The van der Waals surface area contributed by atoms with E-state index in [1.807, 2.05) is 43.3 Å². The second-order valence-electron chi connectivity index (χ2n) is 7.84. The third-order valence-electron chi connectivity index (χ3n) is 5.54. The number of fused-ring (bicyclic) bond motifs is 1. The summed E-state index contributed by atoms with van der Waals surface area (Å²) in [5, 5.41) is 3.77. The summed E-state index contributed by atoms with van der Waals surface area (Å²) < 4.78 is 5.44. The van der Waals surface area contributed by atoms with Gasteiger partial charge in [-0.25, -0.2) is 4.98 Å². The average Bonchev–Trinajstić information content (AvgIpc) is 2.81. The fourth-order valence-electron chi connectivity index (χ4n) is 3.84. The summed E-state index contributed by atoms with van der Waals surface area (Å²) in [7, 11) is 1.66. The van der Waals surface area contributed by atoms with E-state index in [1.54, 1.807) is 13.2 Å². The first-order chi connectivity index (χ1) is 15.9. The van der Waals surface area contributed by atoms with Gasteiger partial charge in [-0.15, -0.1) is 0 Å². The number of ether oxygens (including phenoxy) is 1. The molecule has 1 aliphatic rings. The summed E-state index contributed by atoms with van der Waals surface area (Å²) in [4.78, 5) is 34.8. The van der Waals surface area contributed by atoms with Crippen molar-refractivity contribution in [1.82, 2.24) is 14.9 Å². The van der Waals surface area contributed by atoms with E-state index in [9.17, 15) is 9.59 Å². The first kappa shape index (κ1) is 23.4. The van der Waals surface area contributed by atoms with E-state index >= 15 is 0 Å². The van der Waals surface area contributed by atoms with Gasteiger partial charge in [-0.2, -0.15) is 0 Å². The number of hydrogen-bond acceptors (Lipinski definition) is 6. The van der Waals surface area contributed by atoms with Crippen molar-refractivity contribution in [3.8, 4) is 5.75 Å². The van der Waals surface area contributed by atoms with Gasteiger partial charge in [0.25, 0.3) is 5.56 Å². The number of anilines is 1. The molecule has 0 spiro atoms. The number of nitrogens with one attached hydrogen (secondary N) is 2. The quantitative estimate of drug-likeness (QED) is 0.389. The molecule has 7 nitrogen and oxygen atoms in total. The van der Waals surface area contributed by atoms with Gasteiger partial charge in [0.15, 0.2) is 5.16 Å². The number of carbonyl (C=O) groups excluding carboxylic acids is 1. The molecule has 1 aromatic heterocycles. The van der Waals surface area contributed by atoms with Crippen LogP contribution in [0.15, 0.2) is 52.4 Å². The maximum atomic E-state index is 12.8. The lowest BCUT2D eigenvalue weighted by Gasteiger charge is -2.28. The SMILES string of the molecule is COc1ccccc1CN1CCc2nc(SCC(=O)Nc3c(C)cccc3Cl)[nH]c(=O)c2C1. The number of methoxy groups -OCH3 is 1. The average molecular weight is 485 g/mol. The van der Waals surface area contributed by atoms with Crippen LogP contribution in [-0.2, 0) is 24.3 Å². The Hall–Kier alpha value is -2.81. The van der Waals surface area contributed by atoms with Gasteiger partial charge in [0.05, 0.1) is 34.8 Å². The molecule has 0 saturated heterocycles. The second kappa shape index (κ2) is 10.4. The van der Waals surface area contributed by atoms with Crippen LogP contribution in [0.5, 0.6) is 5.75 Å². The topological polar surface area (TPSA) is 87.3 Å². The van der Waals surface area contributed by atoms with Crippen LogP contribution in [0.4, 0.5) is 5.69 Å². The maximum absolute atomic E-state index is 12.8. The van der Waals surface area contributed by atoms with Gasteiger partial charge >= 0.3 is 0 Å². The van der Waals surface area contributed by atoms with Gasteiger partial charge < -0.3 is 15.0 Å². The molecule has 0 unspecified atom stereocenters. The second-order valence-corrected chi connectivity index (χ2v) is 9.21. The summed E-state index contributed by atoms with van der Waals surface area (Å²) in [5.41, 5.74) is 3.89. The van der Waals surface area contributed by atoms with Crippen molar-refractivity contribution in [2.24, 2.45) is 0 Å². The van der Waals surface area contributed by atoms with E-state index in [-0.39, 0.29) is 17.2 Å². The Morgan fingerprint density at radius 3 is 2.88 bits per heavy atom. The minimum atomic E-state index is -0.209. The lowest BCUT2D eigenvalue weighted by Crippen LogP contribution is -2.35. The maximum Gasteiger partial charge on any atom is 0.256 e. The number of benzene rings is 2. The first-order valence-corrected chi connectivity index (χ1v) is 11.9. The van der Waals surface area contributed by atoms with E-state index in [0.717, 1.165) is 29.1 Å². The Kier molecular flexibility index (Phi) is 7.37. The largest absolute Gasteiger partial charge is 0.496 e. The number of H-pyrrole nitrogens is 1. The number of halogens is 1. The van der Waals surface area contributed by atoms with Crippen LogP contribution in [0.2, 0.25) is 5.02 Å². The lowest BCUT2D eigenvalue weighted by atomic mass is 10.1. The molecule has 0 aliphatic carbocycles. The zero-order valence-electron chi connectivity index (χ0n) is 18.5. The van der Waals surface area contributed by atoms with Crippen molar-refractivity contribution in [1.29, 1.82) is 0 Å². The van der Waals surface area contributed by atoms with E-state index in [2.05, 4.69) is 20.2 Å². The van der Waals surface area contributed by atoms with Crippen molar-refractivity contribution >= 4 is 35.0 Å². The van der Waals surface area contributed by atoms with Gasteiger partial charge in [-0.05, 0) is 24.6 Å². The summed E-state index contributed by atoms with van der Waals surface area (Å²) in [6.45, 7) is 3.89. The molecule has 0 radical (unpaired) electrons. The van der Waals surface area contributed by atoms with Crippen molar-refractivity contribution in [2.45, 2.75) is 31.6 Å². The molecule has 1 amide bonds. The normalized spacial score (nSPS) is 13.4. The molecule has 0 saturated carbocycles. The number of nitrogens with zero attached hydrogens (tertiary/aromatic N) is 2. The Balaban J connectivity index is 1.40. The molecule has 3 aromatic rings. The minimum Gasteiger partial charge on any atom is -0.496 e. The zero-order valence-corrected chi connectivity index (χ0v) is 20.1. The van der Waals surface area contributed by atoms with Crippen LogP contribution in [0.25, 0.3) is 0 Å². The van der Waals surface area contributed by atoms with Crippen molar-refractivity contribution in [2.75, 3.05) is 24.7 Å². The number of hydrogen-bond donors (Lipinski definition) is 2. The molecule has 9 heteroatoms. The number of aryl methyl sites for hydroxylation is 1. The van der Waals surface area contributed by atoms with Crippen LogP contribution in [-0.4, -0.2) is 40.2 Å². The Morgan fingerprint density at radius 1 is 1.27 bits per heavy atom. The lowest BCUT2D eigenvalue weighted by molar-refractivity contribution is -0.113. The molecule has 2 aromatic carbocycles. The molecule has 0 bridgehead atoms. The highest BCUT2D eigenvalue weighted by atomic mass is 35.5. The summed E-state index contributed by atoms with van der Waals surface area (Å²) >= 11 is 7.38. The predicted octanol–water partition coefficient (Wildman–Crippen LogP) is 4.03. The third-order valence-corrected chi connectivity index (χ3v) is 6.73. The fourth-order valence-corrected chi connectivity index (χ4v) is 4.78. The highest BCUT2D eigenvalue weighted by Crippen LogP contribution is 2.26. The molecule has 4 rings (SSSR count). The van der Waals surface area contributed by atoms with Gasteiger partial charge in [0.1, 0.15) is 5.75 Å². The number of amides is 1. The van der Waals surface area contributed by atoms with Crippen LogP contribution in [0.3, 0.4) is 0 Å². The third kappa shape index (κ3) is 5.58. The van der Waals surface area contributed by atoms with Crippen molar-refractivity contribution in [3.63, 3.8) is 0 Å². The van der Waals surface area contributed by atoms with Crippen LogP contribution in [0.1, 0.15) is 22.4 Å². The van der Waals surface area contributed by atoms with Gasteiger partial charge in [0.2, 0.25) is 5.91 Å². The van der Waals surface area contributed by atoms with Gasteiger partial charge in [0, 0.05) is 31.6 Å². The zero-order chi connectivity index (χ0) is 23.4. The van der Waals surface area contributed by atoms with Crippen LogP contribution in [0, 0.1) is 6.92 Å². The van der Waals surface area contributed by atoms with Gasteiger partial charge in [-0.3, -0.25) is 14.5 Å². The summed E-state index contributed by atoms with van der Waals surface area (Å²) in [6, 6.07) is 13.3. The molecule has 1 aliphatic heterocycles. The molecule has 33 heavy (non-hydrogen) atoms. The number of aromatic nitrogens is 2. The fraction of sp³-hybridized carbons (Fsp3) is 0.292. The molecule has 2 heterocycles. The molecule has 0 atom stereocenters. The molecular weight excluding hydrogens is 460 g/mol. The number of para-hydroxylation sites is 2. The van der Waals surface area contributed by atoms with E-state index in [4.69, 9.17) is 16.3 Å². The molecular formula is C24H25ClN4O3S. The van der Waals surface area contributed by atoms with Crippen molar-refractivity contribution in [3.05, 3.63) is 80.2 Å². The Bertz CT molecular complexity index is 1210. The standard InChI is InChI=1S/C24H25ClN4O3S/c1-15-6-5-8-18(25)22(15)27-21(30)14-33-24-26-19-10-11-29(13-17(19)23(31)28-24)12-16-7-3-4-9-20(16)32-2/h3-9H,10-14H2,1-2H3,(H,27,30)(H,26,28,31). The molecule has 172 valence electrons.